The van der Waals surface area contributed by atoms with E-state index in [2.05, 4.69) is 11.6 Å². The Bertz CT molecular complexity index is 1220. The number of pyridine rings is 2. The van der Waals surface area contributed by atoms with Crippen molar-refractivity contribution in [3.8, 4) is 5.75 Å². The number of likely N-dealkylation sites (tertiary alicyclic amines) is 1. The summed E-state index contributed by atoms with van der Waals surface area (Å²) in [5.41, 5.74) is 4.35. The van der Waals surface area contributed by atoms with Gasteiger partial charge in [-0.05, 0) is 38.0 Å². The number of ether oxygens (including phenoxy) is 1. The normalized spacial score (nSPS) is 13.8. The van der Waals surface area contributed by atoms with E-state index in [4.69, 9.17) is 21.3 Å². The van der Waals surface area contributed by atoms with E-state index in [0.29, 0.717) is 23.7 Å². The van der Waals surface area contributed by atoms with Crippen LogP contribution in [0.4, 0.5) is 5.69 Å². The van der Waals surface area contributed by atoms with Crippen LogP contribution in [0.25, 0.3) is 10.9 Å². The summed E-state index contributed by atoms with van der Waals surface area (Å²) in [5.74, 6) is 0.828. The number of benzene rings is 1. The number of fused-ring (bicyclic) bond motifs is 1. The van der Waals surface area contributed by atoms with Crippen LogP contribution in [-0.2, 0) is 17.9 Å². The molecule has 0 unspecified atom stereocenters. The molecule has 6 nitrogen and oxygen atoms in total. The molecule has 1 aliphatic rings. The Labute approximate surface area is 199 Å². The number of carbonyl (C=O) groups is 1. The highest BCUT2D eigenvalue weighted by atomic mass is 35.5. The van der Waals surface area contributed by atoms with Gasteiger partial charge in [-0.1, -0.05) is 36.4 Å². The zero-order chi connectivity index (χ0) is 23.4. The fraction of sp³-hybridized carbons (Fsp3) is 0.269. The van der Waals surface area contributed by atoms with Crippen molar-refractivity contribution in [1.82, 2.24) is 14.9 Å². The van der Waals surface area contributed by atoms with Gasteiger partial charge in [0.05, 0.1) is 10.7 Å². The Morgan fingerprint density at radius 2 is 2.18 bits per heavy atom. The summed E-state index contributed by atoms with van der Waals surface area (Å²) < 4.78 is 6.26. The van der Waals surface area contributed by atoms with E-state index in [1.54, 1.807) is 18.6 Å². The van der Waals surface area contributed by atoms with E-state index < -0.39 is 0 Å². The van der Waals surface area contributed by atoms with Gasteiger partial charge < -0.3 is 14.5 Å². The molecular weight excluding hydrogens is 436 g/mol. The minimum Gasteiger partial charge on any atom is -0.487 e. The van der Waals surface area contributed by atoms with Crippen LogP contribution in [0.1, 0.15) is 36.6 Å². The van der Waals surface area contributed by atoms with Crippen LogP contribution in [0.15, 0.2) is 61.7 Å². The topological polar surface area (TPSA) is 58.6 Å². The summed E-state index contributed by atoms with van der Waals surface area (Å²) in [5, 5.41) is 1.48. The van der Waals surface area contributed by atoms with Crippen LogP contribution >= 0.6 is 11.6 Å². The molecule has 0 N–H and O–H groups in total. The van der Waals surface area contributed by atoms with E-state index in [0.717, 1.165) is 46.4 Å². The first-order chi connectivity index (χ1) is 16.0. The lowest BCUT2D eigenvalue weighted by Gasteiger charge is -2.20. The standard InChI is InChI=1S/C26H27ClN4O2/c1-4-11-30(5-2)23-13-18(3)29-26-20(23)8-6-9-24(26)33-17-21-19(14-28-15-22(21)27)16-31-12-7-10-25(31)32/h4-6,8-9,11,13-15H,2,7,10,12,16-17H2,1,3H3/b11-4-. The van der Waals surface area contributed by atoms with Gasteiger partial charge in [-0.15, -0.1) is 0 Å². The number of carbonyl (C=O) groups excluding carboxylic acids is 1. The van der Waals surface area contributed by atoms with Crippen molar-refractivity contribution in [1.29, 1.82) is 0 Å². The van der Waals surface area contributed by atoms with Gasteiger partial charge in [0.2, 0.25) is 5.91 Å². The molecule has 1 fully saturated rings. The molecule has 1 aromatic carbocycles. The Morgan fingerprint density at radius 3 is 2.91 bits per heavy atom. The van der Waals surface area contributed by atoms with Gasteiger partial charge in [-0.3, -0.25) is 9.78 Å². The van der Waals surface area contributed by atoms with Gasteiger partial charge in [-0.25, -0.2) is 4.98 Å². The van der Waals surface area contributed by atoms with Gasteiger partial charge in [-0.2, -0.15) is 0 Å². The van der Waals surface area contributed by atoms with Crippen LogP contribution < -0.4 is 9.64 Å². The fourth-order valence-electron chi connectivity index (χ4n) is 4.09. The molecule has 0 bridgehead atoms. The lowest BCUT2D eigenvalue weighted by molar-refractivity contribution is -0.128. The van der Waals surface area contributed by atoms with Crippen LogP contribution in [0.3, 0.4) is 0 Å². The predicted molar refractivity (Wildman–Crippen MR) is 132 cm³/mol. The number of nitrogens with zero attached hydrogens (tertiary/aromatic N) is 4. The van der Waals surface area contributed by atoms with Gasteiger partial charge in [0.1, 0.15) is 17.9 Å². The lowest BCUT2D eigenvalue weighted by Crippen LogP contribution is -2.24. The highest BCUT2D eigenvalue weighted by molar-refractivity contribution is 6.31. The summed E-state index contributed by atoms with van der Waals surface area (Å²) in [6.45, 7) is 9.35. The number of anilines is 1. The second-order valence-electron chi connectivity index (χ2n) is 7.97. The smallest absolute Gasteiger partial charge is 0.222 e. The predicted octanol–water partition coefficient (Wildman–Crippen LogP) is 5.78. The third-order valence-corrected chi connectivity index (χ3v) is 6.02. The molecule has 0 saturated carbocycles. The SMILES string of the molecule is C=CN(/C=C\C)c1cc(C)nc2c(OCc3c(Cl)cncc3CN3CCCC3=O)cccc12. The molecule has 1 aliphatic heterocycles. The quantitative estimate of drug-likeness (QED) is 0.425. The van der Waals surface area contributed by atoms with E-state index >= 15 is 0 Å². The van der Waals surface area contributed by atoms with E-state index in [1.165, 1.54) is 0 Å². The number of aryl methyl sites for hydroxylation is 1. The summed E-state index contributed by atoms with van der Waals surface area (Å²) in [6, 6.07) is 7.91. The van der Waals surface area contributed by atoms with Crippen LogP contribution in [0.5, 0.6) is 5.75 Å². The largest absolute Gasteiger partial charge is 0.487 e. The molecule has 170 valence electrons. The van der Waals surface area contributed by atoms with Crippen molar-refractivity contribution in [2.24, 2.45) is 0 Å². The Morgan fingerprint density at radius 1 is 1.33 bits per heavy atom. The number of halogens is 1. The molecule has 0 aliphatic carbocycles. The van der Waals surface area contributed by atoms with E-state index in [-0.39, 0.29) is 12.5 Å². The van der Waals surface area contributed by atoms with Crippen molar-refractivity contribution < 1.29 is 9.53 Å². The summed E-state index contributed by atoms with van der Waals surface area (Å²) in [6.07, 6.45) is 10.5. The maximum absolute atomic E-state index is 12.1. The molecular formula is C26H27ClN4O2. The maximum Gasteiger partial charge on any atom is 0.222 e. The second-order valence-corrected chi connectivity index (χ2v) is 8.38. The number of para-hydroxylation sites is 1. The van der Waals surface area contributed by atoms with Gasteiger partial charge in [0.25, 0.3) is 0 Å². The minimum atomic E-state index is 0.163. The monoisotopic (exact) mass is 462 g/mol. The zero-order valence-corrected chi connectivity index (χ0v) is 19.7. The van der Waals surface area contributed by atoms with Crippen LogP contribution in [-0.4, -0.2) is 27.3 Å². The van der Waals surface area contributed by atoms with Crippen LogP contribution in [0, 0.1) is 6.92 Å². The Balaban J connectivity index is 1.66. The third kappa shape index (κ3) is 4.86. The average molecular weight is 463 g/mol. The maximum atomic E-state index is 12.1. The average Bonchev–Trinajstić information content (AvgIpc) is 3.21. The molecule has 3 aromatic rings. The number of amides is 1. The van der Waals surface area contributed by atoms with E-state index in [9.17, 15) is 4.79 Å². The molecule has 0 radical (unpaired) electrons. The minimum absolute atomic E-state index is 0.163. The molecule has 0 atom stereocenters. The molecule has 7 heteroatoms. The summed E-state index contributed by atoms with van der Waals surface area (Å²) in [7, 11) is 0. The molecule has 4 rings (SSSR count). The summed E-state index contributed by atoms with van der Waals surface area (Å²) >= 11 is 6.49. The first-order valence-electron chi connectivity index (χ1n) is 11.0. The first kappa shape index (κ1) is 22.8. The molecule has 2 aromatic heterocycles. The summed E-state index contributed by atoms with van der Waals surface area (Å²) in [4.78, 5) is 24.9. The second kappa shape index (κ2) is 10.0. The van der Waals surface area contributed by atoms with Crippen molar-refractivity contribution >= 4 is 34.1 Å². The fourth-order valence-corrected chi connectivity index (χ4v) is 4.32. The van der Waals surface area contributed by atoms with Crippen molar-refractivity contribution in [3.63, 3.8) is 0 Å². The van der Waals surface area contributed by atoms with Crippen molar-refractivity contribution in [2.45, 2.75) is 39.8 Å². The number of hydrogen-bond donors (Lipinski definition) is 0. The van der Waals surface area contributed by atoms with Crippen LogP contribution in [0.2, 0.25) is 5.02 Å². The molecule has 1 saturated heterocycles. The van der Waals surface area contributed by atoms with E-state index in [1.807, 2.05) is 60.2 Å². The highest BCUT2D eigenvalue weighted by Crippen LogP contribution is 2.34. The van der Waals surface area contributed by atoms with Crippen molar-refractivity contribution in [2.75, 3.05) is 11.4 Å². The zero-order valence-electron chi connectivity index (χ0n) is 18.9. The Hall–Kier alpha value is -3.38. The third-order valence-electron chi connectivity index (χ3n) is 5.69. The molecule has 3 heterocycles. The lowest BCUT2D eigenvalue weighted by atomic mass is 10.1. The number of hydrogen-bond acceptors (Lipinski definition) is 5. The molecule has 0 spiro atoms. The molecule has 33 heavy (non-hydrogen) atoms. The number of allylic oxidation sites excluding steroid dienone is 1. The number of aromatic nitrogens is 2. The first-order valence-corrected chi connectivity index (χ1v) is 11.4. The van der Waals surface area contributed by atoms with Gasteiger partial charge in [0.15, 0.2) is 0 Å². The highest BCUT2D eigenvalue weighted by Gasteiger charge is 2.22. The molecule has 1 amide bonds. The van der Waals surface area contributed by atoms with Crippen molar-refractivity contribution in [3.05, 3.63) is 83.6 Å². The number of rotatable bonds is 8. The van der Waals surface area contributed by atoms with Gasteiger partial charge >= 0.3 is 0 Å². The van der Waals surface area contributed by atoms with Gasteiger partial charge in [0, 0.05) is 60.9 Å². The Kier molecular flexibility index (Phi) is 6.94.